The highest BCUT2D eigenvalue weighted by molar-refractivity contribution is 7.79. The van der Waals surface area contributed by atoms with Crippen molar-refractivity contribution < 1.29 is 0 Å². The van der Waals surface area contributed by atoms with Gasteiger partial charge in [-0.1, -0.05) is 158 Å². The number of nitrogens with zero attached hydrogens (tertiary/aromatic N) is 4. The first-order chi connectivity index (χ1) is 38.0. The van der Waals surface area contributed by atoms with Crippen molar-refractivity contribution in [1.29, 1.82) is 5.41 Å². The second kappa shape index (κ2) is 20.1. The zero-order valence-electron chi connectivity index (χ0n) is 41.6. The Morgan fingerprint density at radius 1 is 0.584 bits per heavy atom. The van der Waals surface area contributed by atoms with Crippen molar-refractivity contribution in [1.82, 2.24) is 21.0 Å². The second-order valence-corrected chi connectivity index (χ2v) is 19.1. The summed E-state index contributed by atoms with van der Waals surface area (Å²) in [5.41, 5.74) is 25.3. The van der Waals surface area contributed by atoms with Gasteiger partial charge < -0.3 is 25.6 Å². The molecule has 7 N–H and O–H groups in total. The summed E-state index contributed by atoms with van der Waals surface area (Å²) in [7, 11) is 0. The summed E-state index contributed by atoms with van der Waals surface area (Å²) in [6.45, 7) is 0. The van der Waals surface area contributed by atoms with Gasteiger partial charge in [-0.2, -0.15) is 0 Å². The summed E-state index contributed by atoms with van der Waals surface area (Å²) >= 11 is 4.58. The Balaban J connectivity index is 0.882. The number of allylic oxidation sites excluding steroid dienone is 4. The lowest BCUT2D eigenvalue weighted by Gasteiger charge is -2.31. The number of hydrogen-bond acceptors (Lipinski definition) is 10. The Morgan fingerprint density at radius 3 is 2.00 bits per heavy atom. The van der Waals surface area contributed by atoms with Crippen molar-refractivity contribution in [3.05, 3.63) is 277 Å². The Labute approximate surface area is 451 Å². The third-order valence-electron chi connectivity index (χ3n) is 14.5. The van der Waals surface area contributed by atoms with E-state index < -0.39 is 0 Å². The summed E-state index contributed by atoms with van der Waals surface area (Å²) in [5.74, 6) is 5.94. The van der Waals surface area contributed by atoms with Crippen LogP contribution in [0.25, 0.3) is 77.1 Å². The van der Waals surface area contributed by atoms with Crippen LogP contribution in [0.3, 0.4) is 0 Å². The van der Waals surface area contributed by atoms with Gasteiger partial charge in [-0.15, -0.1) is 5.53 Å². The molecule has 77 heavy (non-hydrogen) atoms. The van der Waals surface area contributed by atoms with E-state index in [0.717, 1.165) is 89.3 Å². The number of aromatic nitrogens is 1. The molecule has 0 unspecified atom stereocenters. The van der Waals surface area contributed by atoms with E-state index in [-0.39, 0.29) is 5.71 Å². The van der Waals surface area contributed by atoms with Crippen LogP contribution in [0.15, 0.2) is 265 Å². The van der Waals surface area contributed by atoms with E-state index in [9.17, 15) is 5.41 Å². The molecule has 11 aromatic rings. The minimum Gasteiger partial charge on any atom is -0.360 e. The Morgan fingerprint density at radius 2 is 1.23 bits per heavy atom. The normalized spacial score (nSPS) is 14.2. The van der Waals surface area contributed by atoms with Gasteiger partial charge in [-0.05, 0) is 131 Å². The van der Waals surface area contributed by atoms with E-state index >= 15 is 0 Å². The molecule has 10 aromatic carbocycles. The third kappa shape index (κ3) is 8.56. The number of nitrogens with two attached hydrogens (primary N) is 1. The maximum absolute atomic E-state index is 9.96. The van der Waals surface area contributed by atoms with Crippen LogP contribution in [0.5, 0.6) is 0 Å². The van der Waals surface area contributed by atoms with E-state index in [2.05, 4.69) is 212 Å². The highest BCUT2D eigenvalue weighted by Crippen LogP contribution is 2.42. The summed E-state index contributed by atoms with van der Waals surface area (Å²) in [4.78, 5) is 2.09. The highest BCUT2D eigenvalue weighted by atomic mass is 32.1. The molecule has 13 rings (SSSR count). The first-order valence-corrected chi connectivity index (χ1v) is 25.8. The second-order valence-electron chi connectivity index (χ2n) is 18.9. The van der Waals surface area contributed by atoms with Gasteiger partial charge >= 0.3 is 0 Å². The number of thiol groups is 1. The average Bonchev–Trinajstić information content (AvgIpc) is 4.22. The predicted octanol–water partition coefficient (Wildman–Crippen LogP) is 14.9. The molecule has 0 radical (unpaired) electrons. The van der Waals surface area contributed by atoms with Gasteiger partial charge in [-0.25, -0.2) is 4.40 Å². The van der Waals surface area contributed by atoms with Gasteiger partial charge in [0, 0.05) is 62.3 Å². The number of para-hydroxylation sites is 1. The lowest BCUT2D eigenvalue weighted by atomic mass is 9.90. The molecule has 1 aliphatic carbocycles. The molecule has 0 amide bonds. The number of nitrogens with one attached hydrogen (secondary N) is 5. The molecule has 0 saturated carbocycles. The van der Waals surface area contributed by atoms with Crippen molar-refractivity contribution in [3.63, 3.8) is 0 Å². The van der Waals surface area contributed by atoms with E-state index in [4.69, 9.17) is 5.84 Å². The van der Waals surface area contributed by atoms with E-state index in [1.807, 2.05) is 96.3 Å². The zero-order chi connectivity index (χ0) is 51.8. The molecule has 0 spiro atoms. The Bertz CT molecular complexity index is 4250. The first kappa shape index (κ1) is 46.8. The molecule has 2 aliphatic rings. The Hall–Kier alpha value is -9.91. The van der Waals surface area contributed by atoms with E-state index in [1.54, 1.807) is 0 Å². The van der Waals surface area contributed by atoms with Crippen LogP contribution in [0.4, 0.5) is 22.7 Å². The fourth-order valence-corrected chi connectivity index (χ4v) is 11.0. The largest absolute Gasteiger partial charge is 0.360 e. The summed E-state index contributed by atoms with van der Waals surface area (Å²) < 4.78 is 6.95. The van der Waals surface area contributed by atoms with Crippen LogP contribution in [0.1, 0.15) is 16.7 Å². The topological polar surface area (TPSA) is 122 Å². The van der Waals surface area contributed by atoms with Crippen molar-refractivity contribution >= 4 is 107 Å². The predicted molar refractivity (Wildman–Crippen MR) is 325 cm³/mol. The van der Waals surface area contributed by atoms with Gasteiger partial charge in [0.1, 0.15) is 11.4 Å². The average molecular weight is 1020 g/mol. The quantitative estimate of drug-likeness (QED) is 0.0282. The summed E-state index contributed by atoms with van der Waals surface area (Å²) in [6.07, 6.45) is 7.96. The van der Waals surface area contributed by atoms with Crippen LogP contribution in [0.2, 0.25) is 0 Å². The minimum atomic E-state index is 0.231. The number of anilines is 4. The molecule has 2 heterocycles. The smallest absolute Gasteiger partial charge is 0.106 e. The molecule has 10 nitrogen and oxygen atoms in total. The maximum Gasteiger partial charge on any atom is 0.106 e. The Kier molecular flexibility index (Phi) is 12.2. The van der Waals surface area contributed by atoms with Gasteiger partial charge in [0.15, 0.2) is 0 Å². The van der Waals surface area contributed by atoms with Gasteiger partial charge in [0.25, 0.3) is 0 Å². The molecule has 1 aliphatic heterocycles. The molecule has 1 aromatic heterocycles. The van der Waals surface area contributed by atoms with Crippen LogP contribution in [-0.4, -0.2) is 16.0 Å². The fraction of sp³-hybridized carbons (Fsp3) is 0. The monoisotopic (exact) mass is 1010 g/mol. The van der Waals surface area contributed by atoms with Crippen molar-refractivity contribution in [2.75, 3.05) is 15.2 Å². The number of benzene rings is 10. The zero-order valence-corrected chi connectivity index (χ0v) is 42.5. The van der Waals surface area contributed by atoms with Gasteiger partial charge in [-0.3, -0.25) is 16.3 Å². The molecular formula is C66H50N10S. The molecule has 11 heteroatoms. The molecule has 0 bridgehead atoms. The van der Waals surface area contributed by atoms with Crippen molar-refractivity contribution in [2.24, 2.45) is 10.2 Å². The number of rotatable bonds is 12. The molecule has 0 saturated heterocycles. The van der Waals surface area contributed by atoms with Crippen molar-refractivity contribution in [3.8, 4) is 16.8 Å². The standard InChI is InChI=1S/C66H50N10S/c67-65-64(75(49-29-27-47(28-30-49)69-41-59(70-68)44-15-3-1-4-16-44)50-33-31-48(32-34-50)74-42-60(71-73-74)45-17-5-2-6-18-45)39-35-52(66(65)72-77)46-26-37-63-58(40-46)57-23-11-12-25-61(57)76(63)62-38-36-55(54-21-9-10-22-56(54)62)53-24-13-19-43-14-7-8-20-51(43)53/h1-42,67,69-71,73,77H,68H2/b59-41-,67-65?,72-66-. The van der Waals surface area contributed by atoms with Crippen LogP contribution < -0.4 is 37.5 Å². The number of hydrazine groups is 3. The lowest BCUT2D eigenvalue weighted by molar-refractivity contribution is 0.689. The van der Waals surface area contributed by atoms with Crippen LogP contribution in [-0.2, 0) is 0 Å². The number of hydrogen-bond donors (Lipinski definition) is 7. The van der Waals surface area contributed by atoms with E-state index in [1.165, 1.54) is 27.3 Å². The summed E-state index contributed by atoms with van der Waals surface area (Å²) in [6, 6.07) is 80.0. The fourth-order valence-electron chi connectivity index (χ4n) is 10.8. The third-order valence-corrected chi connectivity index (χ3v) is 14.7. The molecule has 370 valence electrons. The van der Waals surface area contributed by atoms with E-state index in [0.29, 0.717) is 11.4 Å². The van der Waals surface area contributed by atoms with Gasteiger partial charge in [0.05, 0.1) is 39.5 Å². The highest BCUT2D eigenvalue weighted by Gasteiger charge is 2.29. The number of fused-ring (bicyclic) bond motifs is 5. The van der Waals surface area contributed by atoms with Crippen LogP contribution in [0, 0.1) is 5.41 Å². The lowest BCUT2D eigenvalue weighted by Crippen LogP contribution is -2.36. The van der Waals surface area contributed by atoms with Crippen LogP contribution >= 0.6 is 12.8 Å². The van der Waals surface area contributed by atoms with Gasteiger partial charge in [0.2, 0.25) is 0 Å². The first-order valence-electron chi connectivity index (χ1n) is 25.4. The molecule has 0 atom stereocenters. The van der Waals surface area contributed by atoms with Crippen molar-refractivity contribution in [2.45, 2.75) is 0 Å². The maximum atomic E-state index is 9.96. The minimum absolute atomic E-state index is 0.231. The molecule has 0 fully saturated rings. The molecular weight excluding hydrogens is 965 g/mol. The SMILES string of the molecule is N=C1C(N(c2ccc(N/C=C(\NN)c3ccccc3)cc2)c2ccc(N3C=C(c4ccccc4)NN3)cc2)=CC=C(c2ccc3c(c2)c2ccccc2n3-c2ccc(-c3cccc4ccccc34)c3ccccc23)/C1=N/S. The summed E-state index contributed by atoms with van der Waals surface area (Å²) in [5, 5.41) is 22.3.